The van der Waals surface area contributed by atoms with Crippen LogP contribution in [0.5, 0.6) is 0 Å². The number of carboxylic acids is 2. The van der Waals surface area contributed by atoms with Crippen LogP contribution in [0.15, 0.2) is 0 Å². The minimum absolute atomic E-state index is 0.0736. The molecule has 12 heteroatoms. The van der Waals surface area contributed by atoms with Crippen molar-refractivity contribution in [1.29, 1.82) is 0 Å². The van der Waals surface area contributed by atoms with Gasteiger partial charge in [0.15, 0.2) is 5.92 Å². The Kier molecular flexibility index (Phi) is 7.22. The second kappa shape index (κ2) is 8.51. The van der Waals surface area contributed by atoms with Crippen LogP contribution < -0.4 is 5.32 Å². The monoisotopic (exact) mass is 367 g/mol. The first kappa shape index (κ1) is 21.2. The topological polar surface area (TPSA) is 214 Å². The minimum atomic E-state index is -2.95. The molecule has 1 aliphatic rings. The fourth-order valence-corrected chi connectivity index (χ4v) is 2.33. The minimum Gasteiger partial charge on any atom is -0.481 e. The second-order valence-corrected chi connectivity index (χ2v) is 5.59. The van der Waals surface area contributed by atoms with Crippen LogP contribution in [0.2, 0.25) is 0 Å². The van der Waals surface area contributed by atoms with E-state index in [0.29, 0.717) is 0 Å². The molecule has 25 heavy (non-hydrogen) atoms. The van der Waals surface area contributed by atoms with Crippen LogP contribution in [0.4, 0.5) is 0 Å². The fourth-order valence-electron chi connectivity index (χ4n) is 2.33. The van der Waals surface area contributed by atoms with Crippen molar-refractivity contribution >= 4 is 17.8 Å². The van der Waals surface area contributed by atoms with E-state index in [1.165, 1.54) is 0 Å². The average Bonchev–Trinajstić information content (AvgIpc) is 2.55. The predicted octanol–water partition coefficient (Wildman–Crippen LogP) is -4.17. The second-order valence-electron chi connectivity index (χ2n) is 5.59. The van der Waals surface area contributed by atoms with Gasteiger partial charge in [0.25, 0.3) is 11.7 Å². The number of carbonyl (C=O) groups excluding carboxylic acids is 1. The number of aliphatic carboxylic acids is 2. The third-order valence-electron chi connectivity index (χ3n) is 3.84. The zero-order chi connectivity index (χ0) is 19.4. The number of aliphatic hydroxyl groups excluding tert-OH is 4. The SMILES string of the molecule is O=C(O)C(CCCNC(=O)[C@@]1(O)O[C@H](CO)[C@H](O)[C@H](O)[C@H]1O)C(=O)O. The Morgan fingerprint density at radius 3 is 2.12 bits per heavy atom. The molecule has 12 nitrogen and oxygen atoms in total. The van der Waals surface area contributed by atoms with Crippen molar-refractivity contribution in [3.05, 3.63) is 0 Å². The molecule has 1 saturated heterocycles. The van der Waals surface area contributed by atoms with Crippen LogP contribution in [0.25, 0.3) is 0 Å². The van der Waals surface area contributed by atoms with Gasteiger partial charge in [0.05, 0.1) is 6.61 Å². The largest absolute Gasteiger partial charge is 0.481 e. The maximum absolute atomic E-state index is 12.0. The van der Waals surface area contributed by atoms with Crippen LogP contribution in [0.1, 0.15) is 12.8 Å². The van der Waals surface area contributed by atoms with E-state index in [9.17, 15) is 34.8 Å². The highest BCUT2D eigenvalue weighted by molar-refractivity contribution is 5.92. The summed E-state index contributed by atoms with van der Waals surface area (Å²) in [5.74, 6) is -8.98. The Hall–Kier alpha value is -1.83. The first-order valence-corrected chi connectivity index (χ1v) is 7.35. The van der Waals surface area contributed by atoms with E-state index >= 15 is 0 Å². The summed E-state index contributed by atoms with van der Waals surface area (Å²) < 4.78 is 4.78. The highest BCUT2D eigenvalue weighted by atomic mass is 16.7. The molecule has 0 radical (unpaired) electrons. The molecule has 0 bridgehead atoms. The third-order valence-corrected chi connectivity index (χ3v) is 3.84. The van der Waals surface area contributed by atoms with Crippen LogP contribution >= 0.6 is 0 Å². The van der Waals surface area contributed by atoms with Gasteiger partial charge in [0.1, 0.15) is 24.4 Å². The molecule has 5 atom stereocenters. The Balaban J connectivity index is 2.63. The summed E-state index contributed by atoms with van der Waals surface area (Å²) in [5, 5.41) is 67.6. The molecule has 0 spiro atoms. The van der Waals surface area contributed by atoms with Gasteiger partial charge in [0, 0.05) is 6.54 Å². The van der Waals surface area contributed by atoms with Gasteiger partial charge < -0.3 is 45.8 Å². The van der Waals surface area contributed by atoms with Crippen molar-refractivity contribution in [2.75, 3.05) is 13.2 Å². The molecule has 1 amide bonds. The number of aliphatic hydroxyl groups is 5. The summed E-state index contributed by atoms with van der Waals surface area (Å²) in [5.41, 5.74) is 0. The van der Waals surface area contributed by atoms with E-state index in [4.69, 9.17) is 20.1 Å². The maximum atomic E-state index is 12.0. The van der Waals surface area contributed by atoms with E-state index in [-0.39, 0.29) is 19.4 Å². The summed E-state index contributed by atoms with van der Waals surface area (Å²) in [6.45, 7) is -1.10. The van der Waals surface area contributed by atoms with E-state index in [1.807, 2.05) is 0 Å². The quantitative estimate of drug-likeness (QED) is 0.152. The number of hydrogen-bond acceptors (Lipinski definition) is 9. The van der Waals surface area contributed by atoms with Gasteiger partial charge in [-0.05, 0) is 12.8 Å². The zero-order valence-electron chi connectivity index (χ0n) is 13.0. The van der Waals surface area contributed by atoms with Crippen LogP contribution in [0, 0.1) is 5.92 Å². The summed E-state index contributed by atoms with van der Waals surface area (Å²) in [6, 6.07) is 0. The lowest BCUT2D eigenvalue weighted by Gasteiger charge is -2.44. The zero-order valence-corrected chi connectivity index (χ0v) is 13.0. The third kappa shape index (κ3) is 4.62. The number of amides is 1. The van der Waals surface area contributed by atoms with Crippen LogP contribution in [-0.2, 0) is 19.1 Å². The molecule has 144 valence electrons. The molecule has 1 rings (SSSR count). The summed E-state index contributed by atoms with van der Waals surface area (Å²) in [7, 11) is 0. The molecule has 0 unspecified atom stereocenters. The molecule has 1 heterocycles. The molecule has 0 aromatic rings. The van der Waals surface area contributed by atoms with Crippen molar-refractivity contribution in [3.63, 3.8) is 0 Å². The van der Waals surface area contributed by atoms with E-state index in [1.54, 1.807) is 0 Å². The number of rotatable bonds is 8. The summed E-state index contributed by atoms with van der Waals surface area (Å²) in [4.78, 5) is 33.4. The molecular weight excluding hydrogens is 346 g/mol. The van der Waals surface area contributed by atoms with E-state index in [0.717, 1.165) is 0 Å². The van der Waals surface area contributed by atoms with E-state index < -0.39 is 60.6 Å². The smallest absolute Gasteiger partial charge is 0.317 e. The van der Waals surface area contributed by atoms with Gasteiger partial charge >= 0.3 is 11.9 Å². The highest BCUT2D eigenvalue weighted by Gasteiger charge is 2.57. The molecule has 1 aliphatic heterocycles. The first-order chi connectivity index (χ1) is 11.6. The van der Waals surface area contributed by atoms with Gasteiger partial charge in [0.2, 0.25) is 0 Å². The normalized spacial score (nSPS) is 32.4. The fraction of sp³-hybridized carbons (Fsp3) is 0.769. The lowest BCUT2D eigenvalue weighted by Crippen LogP contribution is -2.70. The van der Waals surface area contributed by atoms with Crippen molar-refractivity contribution in [1.82, 2.24) is 5.32 Å². The molecule has 0 aliphatic carbocycles. The standard InChI is InChI=1S/C13H21NO11/c15-4-6-7(16)8(17)9(18)13(24,25-6)12(23)14-3-1-2-5(10(19)20)11(21)22/h5-9,15-18,24H,1-4H2,(H,14,23)(H,19,20)(H,21,22)/t6-,7+,8+,9-,13+/m1/s1. The average molecular weight is 367 g/mol. The van der Waals surface area contributed by atoms with Gasteiger partial charge in [-0.1, -0.05) is 0 Å². The van der Waals surface area contributed by atoms with Gasteiger partial charge in [-0.3, -0.25) is 14.4 Å². The summed E-state index contributed by atoms with van der Waals surface area (Å²) in [6.07, 6.45) is -7.82. The molecule has 0 saturated carbocycles. The Morgan fingerprint density at radius 2 is 1.64 bits per heavy atom. The first-order valence-electron chi connectivity index (χ1n) is 7.35. The number of ether oxygens (including phenoxy) is 1. The highest BCUT2D eigenvalue weighted by Crippen LogP contribution is 2.28. The number of hydrogen-bond donors (Lipinski definition) is 8. The number of carboxylic acid groups (broad SMARTS) is 2. The van der Waals surface area contributed by atoms with Crippen molar-refractivity contribution in [3.8, 4) is 0 Å². The van der Waals surface area contributed by atoms with Crippen molar-refractivity contribution in [2.24, 2.45) is 5.92 Å². The maximum Gasteiger partial charge on any atom is 0.317 e. The van der Waals surface area contributed by atoms with Crippen LogP contribution in [0.3, 0.4) is 0 Å². The lowest BCUT2D eigenvalue weighted by atomic mass is 9.92. The lowest BCUT2D eigenvalue weighted by molar-refractivity contribution is -0.331. The van der Waals surface area contributed by atoms with E-state index in [2.05, 4.69) is 5.32 Å². The molecular formula is C13H21NO11. The van der Waals surface area contributed by atoms with Crippen LogP contribution in [-0.4, -0.2) is 96.9 Å². The molecule has 0 aromatic carbocycles. The van der Waals surface area contributed by atoms with Gasteiger partial charge in [-0.15, -0.1) is 0 Å². The van der Waals surface area contributed by atoms with Crippen molar-refractivity contribution in [2.45, 2.75) is 43.0 Å². The molecule has 0 aromatic heterocycles. The summed E-state index contributed by atoms with van der Waals surface area (Å²) >= 11 is 0. The molecule has 1 fully saturated rings. The van der Waals surface area contributed by atoms with Gasteiger partial charge in [-0.2, -0.15) is 0 Å². The van der Waals surface area contributed by atoms with Crippen molar-refractivity contribution < 1.29 is 54.9 Å². The molecule has 8 N–H and O–H groups in total. The number of carbonyl (C=O) groups is 3. The Morgan fingerprint density at radius 1 is 1.08 bits per heavy atom. The predicted molar refractivity (Wildman–Crippen MR) is 75.9 cm³/mol. The van der Waals surface area contributed by atoms with Gasteiger partial charge in [-0.25, -0.2) is 0 Å². The number of nitrogens with one attached hydrogen (secondary N) is 1. The Bertz CT molecular complexity index is 496. The Labute approximate surface area is 141 Å².